The van der Waals surface area contributed by atoms with Crippen molar-refractivity contribution < 1.29 is 24.6 Å². The first kappa shape index (κ1) is 13.9. The molecule has 0 saturated heterocycles. The first-order valence-electron chi connectivity index (χ1n) is 4.83. The number of aryl methyl sites for hydroxylation is 1. The number of hydrogen-bond acceptors (Lipinski definition) is 5. The summed E-state index contributed by atoms with van der Waals surface area (Å²) in [4.78, 5) is 37.3. The minimum absolute atomic E-state index is 0.310. The Morgan fingerprint density at radius 2 is 2.11 bits per heavy atom. The molecule has 1 heterocycles. The molecule has 0 radical (unpaired) electrons. The highest BCUT2D eigenvalue weighted by Crippen LogP contribution is 2.16. The van der Waals surface area contributed by atoms with Crippen LogP contribution >= 0.6 is 11.3 Å². The second-order valence-electron chi connectivity index (χ2n) is 3.36. The summed E-state index contributed by atoms with van der Waals surface area (Å²) in [5.74, 6) is -2.73. The quantitative estimate of drug-likeness (QED) is 0.618. The van der Waals surface area contributed by atoms with Gasteiger partial charge in [0.05, 0.1) is 6.42 Å². The summed E-state index contributed by atoms with van der Waals surface area (Å²) in [6.45, 7) is 1.80. The smallest absolute Gasteiger partial charge is 0.326 e. The zero-order chi connectivity index (χ0) is 13.7. The van der Waals surface area contributed by atoms with Crippen LogP contribution in [-0.4, -0.2) is 39.2 Å². The predicted molar refractivity (Wildman–Crippen MR) is 62.7 cm³/mol. The van der Waals surface area contributed by atoms with Crippen molar-refractivity contribution in [2.75, 3.05) is 5.32 Å². The van der Waals surface area contributed by atoms with Crippen molar-refractivity contribution in [3.05, 3.63) is 11.1 Å². The van der Waals surface area contributed by atoms with Crippen LogP contribution < -0.4 is 10.6 Å². The van der Waals surface area contributed by atoms with Gasteiger partial charge in [-0.2, -0.15) is 0 Å². The topological polar surface area (TPSA) is 129 Å². The number of aromatic nitrogens is 1. The summed E-state index contributed by atoms with van der Waals surface area (Å²) in [6, 6.07) is -2.29. The summed E-state index contributed by atoms with van der Waals surface area (Å²) < 4.78 is 0. The van der Waals surface area contributed by atoms with Gasteiger partial charge >= 0.3 is 18.0 Å². The van der Waals surface area contributed by atoms with Gasteiger partial charge in [-0.25, -0.2) is 14.6 Å². The molecule has 0 aliphatic carbocycles. The number of aliphatic carboxylic acids is 2. The van der Waals surface area contributed by atoms with E-state index in [0.717, 1.165) is 4.88 Å². The Balaban J connectivity index is 2.56. The molecule has 98 valence electrons. The number of carboxylic acid groups (broad SMARTS) is 2. The van der Waals surface area contributed by atoms with Crippen LogP contribution in [0.1, 0.15) is 11.3 Å². The van der Waals surface area contributed by atoms with Gasteiger partial charge in [0, 0.05) is 11.1 Å². The molecule has 0 aromatic carbocycles. The summed E-state index contributed by atoms with van der Waals surface area (Å²) >= 11 is 1.22. The lowest BCUT2D eigenvalue weighted by atomic mass is 10.2. The van der Waals surface area contributed by atoms with E-state index in [1.807, 2.05) is 5.32 Å². The van der Waals surface area contributed by atoms with Crippen molar-refractivity contribution in [2.45, 2.75) is 19.4 Å². The van der Waals surface area contributed by atoms with Crippen molar-refractivity contribution in [1.82, 2.24) is 10.3 Å². The first-order valence-corrected chi connectivity index (χ1v) is 5.64. The maximum atomic E-state index is 11.4. The van der Waals surface area contributed by atoms with E-state index < -0.39 is 30.4 Å². The number of anilines is 1. The van der Waals surface area contributed by atoms with Crippen LogP contribution in [0.2, 0.25) is 0 Å². The zero-order valence-corrected chi connectivity index (χ0v) is 10.2. The highest BCUT2D eigenvalue weighted by molar-refractivity contribution is 7.15. The van der Waals surface area contributed by atoms with Crippen LogP contribution in [0.5, 0.6) is 0 Å². The maximum absolute atomic E-state index is 11.4. The molecular weight excluding hydrogens is 262 g/mol. The van der Waals surface area contributed by atoms with Gasteiger partial charge in [-0.1, -0.05) is 0 Å². The van der Waals surface area contributed by atoms with E-state index in [-0.39, 0.29) is 0 Å². The van der Waals surface area contributed by atoms with E-state index in [4.69, 9.17) is 10.2 Å². The van der Waals surface area contributed by atoms with E-state index in [9.17, 15) is 14.4 Å². The van der Waals surface area contributed by atoms with Crippen molar-refractivity contribution in [3.8, 4) is 0 Å². The molecule has 4 N–H and O–H groups in total. The number of nitrogens with zero attached hydrogens (tertiary/aromatic N) is 1. The van der Waals surface area contributed by atoms with Crippen LogP contribution in [0.15, 0.2) is 6.20 Å². The number of carbonyl (C=O) groups excluding carboxylic acids is 1. The molecule has 0 spiro atoms. The average Bonchev–Trinajstić information content (AvgIpc) is 2.62. The largest absolute Gasteiger partial charge is 0.481 e. The Morgan fingerprint density at radius 3 is 2.56 bits per heavy atom. The Hall–Kier alpha value is -2.16. The molecule has 2 amide bonds. The third kappa shape index (κ3) is 4.37. The van der Waals surface area contributed by atoms with Gasteiger partial charge in [-0.15, -0.1) is 11.3 Å². The van der Waals surface area contributed by atoms with Crippen molar-refractivity contribution in [2.24, 2.45) is 0 Å². The van der Waals surface area contributed by atoms with Crippen LogP contribution in [0, 0.1) is 6.92 Å². The highest BCUT2D eigenvalue weighted by atomic mass is 32.1. The summed E-state index contributed by atoms with van der Waals surface area (Å²) in [5.41, 5.74) is 0. The molecule has 1 atom stereocenters. The fourth-order valence-corrected chi connectivity index (χ4v) is 1.74. The molecule has 0 saturated carbocycles. The Bertz CT molecular complexity index is 473. The zero-order valence-electron chi connectivity index (χ0n) is 9.34. The molecule has 0 bridgehead atoms. The van der Waals surface area contributed by atoms with Crippen LogP contribution in [0.3, 0.4) is 0 Å². The van der Waals surface area contributed by atoms with Crippen molar-refractivity contribution in [3.63, 3.8) is 0 Å². The number of rotatable bonds is 5. The van der Waals surface area contributed by atoms with Gasteiger partial charge in [0.25, 0.3) is 0 Å². The second-order valence-corrected chi connectivity index (χ2v) is 4.60. The van der Waals surface area contributed by atoms with Gasteiger partial charge in [0.15, 0.2) is 5.13 Å². The van der Waals surface area contributed by atoms with Crippen LogP contribution in [-0.2, 0) is 9.59 Å². The van der Waals surface area contributed by atoms with E-state index in [0.29, 0.717) is 5.13 Å². The third-order valence-corrected chi connectivity index (χ3v) is 2.65. The maximum Gasteiger partial charge on any atom is 0.326 e. The van der Waals surface area contributed by atoms with Crippen LogP contribution in [0.4, 0.5) is 9.93 Å². The minimum atomic E-state index is -1.48. The van der Waals surface area contributed by atoms with Gasteiger partial charge in [0.2, 0.25) is 0 Å². The molecule has 0 aliphatic rings. The number of carbonyl (C=O) groups is 3. The SMILES string of the molecule is Cc1cnc(NC(=O)NC(CC(=O)O)C(=O)O)s1. The molecule has 1 rings (SSSR count). The lowest BCUT2D eigenvalue weighted by Gasteiger charge is -2.11. The number of amides is 2. The number of nitrogens with one attached hydrogen (secondary N) is 2. The fraction of sp³-hybridized carbons (Fsp3) is 0.333. The Morgan fingerprint density at radius 1 is 1.44 bits per heavy atom. The lowest BCUT2D eigenvalue weighted by molar-refractivity contribution is -0.145. The second kappa shape index (κ2) is 5.96. The number of thiazole rings is 1. The third-order valence-electron chi connectivity index (χ3n) is 1.82. The van der Waals surface area contributed by atoms with Crippen molar-refractivity contribution >= 4 is 34.4 Å². The van der Waals surface area contributed by atoms with Gasteiger partial charge in [-0.3, -0.25) is 10.1 Å². The molecule has 9 heteroatoms. The molecule has 1 aromatic heterocycles. The average molecular weight is 273 g/mol. The first-order chi connectivity index (χ1) is 8.38. The van der Waals surface area contributed by atoms with Gasteiger partial charge < -0.3 is 15.5 Å². The molecule has 1 aromatic rings. The molecule has 18 heavy (non-hydrogen) atoms. The molecule has 8 nitrogen and oxygen atoms in total. The normalized spacial score (nSPS) is 11.6. The monoisotopic (exact) mass is 273 g/mol. The van der Waals surface area contributed by atoms with Crippen molar-refractivity contribution in [1.29, 1.82) is 0 Å². The van der Waals surface area contributed by atoms with E-state index in [2.05, 4.69) is 10.3 Å². The highest BCUT2D eigenvalue weighted by Gasteiger charge is 2.23. The van der Waals surface area contributed by atoms with Gasteiger partial charge in [0.1, 0.15) is 6.04 Å². The summed E-state index contributed by atoms with van der Waals surface area (Å²) in [7, 11) is 0. The molecule has 1 unspecified atom stereocenters. The number of urea groups is 1. The summed E-state index contributed by atoms with van der Waals surface area (Å²) in [5, 5.41) is 21.9. The van der Waals surface area contributed by atoms with E-state index >= 15 is 0 Å². The number of hydrogen-bond donors (Lipinski definition) is 4. The van der Waals surface area contributed by atoms with E-state index in [1.165, 1.54) is 11.3 Å². The summed E-state index contributed by atoms with van der Waals surface area (Å²) in [6.07, 6.45) is 0.853. The van der Waals surface area contributed by atoms with E-state index in [1.54, 1.807) is 13.1 Å². The fourth-order valence-electron chi connectivity index (χ4n) is 1.08. The number of carboxylic acids is 2. The lowest BCUT2D eigenvalue weighted by Crippen LogP contribution is -2.44. The molecule has 0 aliphatic heterocycles. The van der Waals surface area contributed by atoms with Gasteiger partial charge in [-0.05, 0) is 6.92 Å². The standard InChI is InChI=1S/C9H11N3O5S/c1-4-3-10-9(18-4)12-8(17)11-5(7(15)16)2-6(13)14/h3,5H,2H2,1H3,(H,13,14)(H,15,16)(H2,10,11,12,17). The predicted octanol–water partition coefficient (Wildman–Crippen LogP) is 0.501. The Labute approximate surface area is 106 Å². The molecule has 0 fully saturated rings. The van der Waals surface area contributed by atoms with Crippen LogP contribution in [0.25, 0.3) is 0 Å². The Kier molecular flexibility index (Phi) is 4.60. The minimum Gasteiger partial charge on any atom is -0.481 e. The molecular formula is C9H11N3O5S.